The molecule has 2 atom stereocenters. The van der Waals surface area contributed by atoms with Crippen LogP contribution in [-0.4, -0.2) is 72.3 Å². The molecule has 2 N–H and O–H groups in total. The molecule has 0 spiro atoms. The fraction of sp³-hybridized carbons (Fsp3) is 0.619. The Kier molecular flexibility index (Phi) is 7.40. The third-order valence-electron chi connectivity index (χ3n) is 5.54. The molecule has 6 nitrogen and oxygen atoms in total. The van der Waals surface area contributed by atoms with Crippen LogP contribution in [0.1, 0.15) is 38.1 Å². The summed E-state index contributed by atoms with van der Waals surface area (Å²) in [4.78, 5) is 30.2. The molecule has 8 heteroatoms. The Hall–Kier alpha value is -1.80. The summed E-state index contributed by atoms with van der Waals surface area (Å²) in [6, 6.07) is 6.64. The first-order valence-electron chi connectivity index (χ1n) is 10.5. The molecule has 3 amide bonds. The maximum Gasteiger partial charge on any atom is 0.318 e. The number of nitrogens with zero attached hydrogens (tertiary/aromatic N) is 2. The normalized spacial score (nSPS) is 23.1. The minimum Gasteiger partial charge on any atom is -0.336 e. The zero-order chi connectivity index (χ0) is 21.0. The van der Waals surface area contributed by atoms with E-state index in [0.717, 1.165) is 44.7 Å². The van der Waals surface area contributed by atoms with E-state index in [2.05, 4.69) is 5.32 Å². The van der Waals surface area contributed by atoms with E-state index in [1.165, 1.54) is 17.0 Å². The lowest BCUT2D eigenvalue weighted by atomic mass is 10.2. The molecule has 2 saturated heterocycles. The Morgan fingerprint density at radius 2 is 1.93 bits per heavy atom. The fourth-order valence-electron chi connectivity index (χ4n) is 3.86. The van der Waals surface area contributed by atoms with Crippen molar-refractivity contribution < 1.29 is 18.9 Å². The molecule has 0 bridgehead atoms. The quantitative estimate of drug-likeness (QED) is 0.729. The Morgan fingerprint density at radius 1 is 1.28 bits per heavy atom. The van der Waals surface area contributed by atoms with Crippen LogP contribution in [0.4, 0.5) is 9.18 Å². The fourth-order valence-corrected chi connectivity index (χ4v) is 5.29. The number of urea groups is 1. The van der Waals surface area contributed by atoms with Crippen LogP contribution in [0.25, 0.3) is 0 Å². The summed E-state index contributed by atoms with van der Waals surface area (Å²) in [6.07, 6.45) is 0.800. The second-order valence-corrected chi connectivity index (χ2v) is 9.35. The van der Waals surface area contributed by atoms with Crippen molar-refractivity contribution in [3.63, 3.8) is 0 Å². The van der Waals surface area contributed by atoms with E-state index < -0.39 is 0 Å². The topological polar surface area (TPSA) is 57.1 Å². The van der Waals surface area contributed by atoms with Crippen molar-refractivity contribution in [2.75, 3.05) is 39.3 Å². The largest absolute Gasteiger partial charge is 0.336 e. The number of nitrogens with one attached hydrogen (secondary N) is 2. The second-order valence-electron chi connectivity index (χ2n) is 8.06. The number of amides is 3. The van der Waals surface area contributed by atoms with Crippen molar-refractivity contribution in [2.24, 2.45) is 0 Å². The van der Waals surface area contributed by atoms with Gasteiger partial charge in [-0.05, 0) is 38.0 Å². The Morgan fingerprint density at radius 3 is 2.52 bits per heavy atom. The number of hydrogen-bond donors (Lipinski definition) is 2. The summed E-state index contributed by atoms with van der Waals surface area (Å²) in [7, 11) is 0. The summed E-state index contributed by atoms with van der Waals surface area (Å²) < 4.78 is 13.3. The van der Waals surface area contributed by atoms with Crippen LogP contribution in [0.5, 0.6) is 0 Å². The summed E-state index contributed by atoms with van der Waals surface area (Å²) >= 11 is 1.67. The van der Waals surface area contributed by atoms with Gasteiger partial charge in [-0.3, -0.25) is 4.79 Å². The molecular formula is C21H32FN4O2S+. The molecule has 1 aromatic rings. The summed E-state index contributed by atoms with van der Waals surface area (Å²) in [6.45, 7) is 10.7. The summed E-state index contributed by atoms with van der Waals surface area (Å²) in [5.74, 6) is -0.0772. The van der Waals surface area contributed by atoms with Crippen LogP contribution in [0, 0.1) is 5.82 Å². The summed E-state index contributed by atoms with van der Waals surface area (Å²) in [5, 5.41) is 2.86. The highest BCUT2D eigenvalue weighted by molar-refractivity contribution is 8.01. The first-order chi connectivity index (χ1) is 13.9. The van der Waals surface area contributed by atoms with Crippen LogP contribution < -0.4 is 10.2 Å². The van der Waals surface area contributed by atoms with E-state index in [0.29, 0.717) is 6.54 Å². The van der Waals surface area contributed by atoms with Gasteiger partial charge in [0.15, 0.2) is 0 Å². The van der Waals surface area contributed by atoms with Crippen LogP contribution in [0.3, 0.4) is 0 Å². The van der Waals surface area contributed by atoms with Crippen LogP contribution >= 0.6 is 11.8 Å². The Balaban J connectivity index is 1.56. The lowest BCUT2D eigenvalue weighted by Gasteiger charge is -2.34. The number of thioether (sulfide) groups is 1. The molecule has 160 valence electrons. The minimum absolute atomic E-state index is 0.00679. The number of benzene rings is 1. The SMILES string of the molecule is CC[C@@H]1S[C@H](c2ccc(F)cc2)N(CC[NH+]2CCN(C(=O)NC(C)C)CC2)C1=O. The first-order valence-corrected chi connectivity index (χ1v) is 11.4. The molecule has 2 aliphatic rings. The lowest BCUT2D eigenvalue weighted by molar-refractivity contribution is -0.903. The van der Waals surface area contributed by atoms with Gasteiger partial charge in [0, 0.05) is 6.04 Å². The molecule has 0 aliphatic carbocycles. The molecule has 0 saturated carbocycles. The maximum absolute atomic E-state index is 13.3. The number of quaternary nitrogens is 1. The van der Waals surface area contributed by atoms with Gasteiger partial charge in [-0.1, -0.05) is 19.1 Å². The molecule has 3 rings (SSSR count). The standard InChI is InChI=1S/C21H31FN4O2S/c1-4-18-19(27)26(20(29-18)16-5-7-17(22)8-6-16)14-11-24-9-12-25(13-10-24)21(28)23-15(2)3/h5-8,15,18,20H,4,9-14H2,1-3H3,(H,23,28)/p+1/t18-,20+/m0/s1. The number of rotatable bonds is 6. The molecule has 2 aliphatic heterocycles. The Bertz CT molecular complexity index is 707. The molecule has 1 aromatic carbocycles. The second kappa shape index (κ2) is 9.80. The third-order valence-corrected chi connectivity index (χ3v) is 7.18. The number of piperazine rings is 1. The minimum atomic E-state index is -0.259. The zero-order valence-electron chi connectivity index (χ0n) is 17.5. The van der Waals surface area contributed by atoms with Crippen molar-refractivity contribution in [3.8, 4) is 0 Å². The molecule has 2 fully saturated rings. The molecule has 0 radical (unpaired) electrons. The maximum atomic E-state index is 13.3. The first kappa shape index (κ1) is 21.9. The molecule has 0 unspecified atom stereocenters. The van der Waals surface area contributed by atoms with Gasteiger partial charge < -0.3 is 20.0 Å². The summed E-state index contributed by atoms with van der Waals surface area (Å²) in [5.41, 5.74) is 0.978. The van der Waals surface area contributed by atoms with Gasteiger partial charge in [0.05, 0.1) is 44.5 Å². The average molecular weight is 424 g/mol. The van der Waals surface area contributed by atoms with Crippen molar-refractivity contribution in [1.29, 1.82) is 0 Å². The van der Waals surface area contributed by atoms with Crippen LogP contribution in [-0.2, 0) is 4.79 Å². The molecule has 29 heavy (non-hydrogen) atoms. The highest BCUT2D eigenvalue weighted by atomic mass is 32.2. The number of carbonyl (C=O) groups excluding carboxylic acids is 2. The van der Waals surface area contributed by atoms with Gasteiger partial charge in [-0.25, -0.2) is 9.18 Å². The average Bonchev–Trinajstić information content (AvgIpc) is 3.02. The smallest absolute Gasteiger partial charge is 0.318 e. The van der Waals surface area contributed by atoms with Gasteiger partial charge >= 0.3 is 6.03 Å². The molecule has 0 aromatic heterocycles. The highest BCUT2D eigenvalue weighted by Gasteiger charge is 2.40. The monoisotopic (exact) mass is 423 g/mol. The van der Waals surface area contributed by atoms with Crippen molar-refractivity contribution in [2.45, 2.75) is 43.9 Å². The van der Waals surface area contributed by atoms with Gasteiger partial charge in [-0.15, -0.1) is 11.8 Å². The van der Waals surface area contributed by atoms with E-state index in [4.69, 9.17) is 0 Å². The van der Waals surface area contributed by atoms with E-state index in [9.17, 15) is 14.0 Å². The number of halogens is 1. The van der Waals surface area contributed by atoms with Gasteiger partial charge in [0.2, 0.25) is 5.91 Å². The zero-order valence-corrected chi connectivity index (χ0v) is 18.3. The van der Waals surface area contributed by atoms with E-state index in [1.807, 2.05) is 30.6 Å². The number of hydrogen-bond acceptors (Lipinski definition) is 3. The van der Waals surface area contributed by atoms with Crippen LogP contribution in [0.15, 0.2) is 24.3 Å². The van der Waals surface area contributed by atoms with Crippen molar-refractivity contribution >= 4 is 23.7 Å². The predicted octanol–water partition coefficient (Wildman–Crippen LogP) is 1.50. The Labute approximate surface area is 176 Å². The van der Waals surface area contributed by atoms with E-state index in [1.54, 1.807) is 23.9 Å². The van der Waals surface area contributed by atoms with E-state index in [-0.39, 0.29) is 34.4 Å². The molecule has 2 heterocycles. The number of carbonyl (C=O) groups is 2. The van der Waals surface area contributed by atoms with E-state index >= 15 is 0 Å². The lowest BCUT2D eigenvalue weighted by Crippen LogP contribution is -3.15. The van der Waals surface area contributed by atoms with Crippen LogP contribution in [0.2, 0.25) is 0 Å². The van der Waals surface area contributed by atoms with Crippen molar-refractivity contribution in [3.05, 3.63) is 35.6 Å². The van der Waals surface area contributed by atoms with Gasteiger partial charge in [0.1, 0.15) is 11.2 Å². The highest BCUT2D eigenvalue weighted by Crippen LogP contribution is 2.43. The van der Waals surface area contributed by atoms with Gasteiger partial charge in [-0.2, -0.15) is 0 Å². The van der Waals surface area contributed by atoms with Crippen molar-refractivity contribution in [1.82, 2.24) is 15.1 Å². The third kappa shape index (κ3) is 5.42. The van der Waals surface area contributed by atoms with Gasteiger partial charge in [0.25, 0.3) is 0 Å². The predicted molar refractivity (Wildman–Crippen MR) is 113 cm³/mol. The molecular weight excluding hydrogens is 391 g/mol.